The number of carbonyl (C=O) groups is 1. The van der Waals surface area contributed by atoms with Gasteiger partial charge in [-0.05, 0) is 18.4 Å². The Morgan fingerprint density at radius 2 is 1.84 bits per heavy atom. The third kappa shape index (κ3) is 6.82. The van der Waals surface area contributed by atoms with E-state index in [1.54, 1.807) is 0 Å². The smallest absolute Gasteiger partial charge is 0.314 e. The minimum absolute atomic E-state index is 0.156. The van der Waals surface area contributed by atoms with Crippen molar-refractivity contribution in [2.24, 2.45) is 0 Å². The van der Waals surface area contributed by atoms with Crippen molar-refractivity contribution in [3.63, 3.8) is 0 Å². The van der Waals surface area contributed by atoms with Crippen molar-refractivity contribution in [2.45, 2.75) is 38.7 Å². The van der Waals surface area contributed by atoms with Gasteiger partial charge in [-0.25, -0.2) is 4.79 Å². The summed E-state index contributed by atoms with van der Waals surface area (Å²) in [6.07, 6.45) is 3.28. The first-order valence-electron chi connectivity index (χ1n) is 6.98. The molecule has 4 heteroatoms. The molecule has 0 radical (unpaired) electrons. The molecular weight excluding hydrogens is 240 g/mol. The Kier molecular flexibility index (Phi) is 7.66. The highest BCUT2D eigenvalue weighted by atomic mass is 16.3. The lowest BCUT2D eigenvalue weighted by Crippen LogP contribution is -2.36. The van der Waals surface area contributed by atoms with E-state index >= 15 is 0 Å². The van der Waals surface area contributed by atoms with Crippen LogP contribution < -0.4 is 10.6 Å². The molecule has 1 aromatic rings. The van der Waals surface area contributed by atoms with E-state index < -0.39 is 6.10 Å². The first-order chi connectivity index (χ1) is 9.24. The summed E-state index contributed by atoms with van der Waals surface area (Å²) in [6.45, 7) is 3.31. The summed E-state index contributed by atoms with van der Waals surface area (Å²) in [5.74, 6) is 0. The molecule has 1 rings (SSSR count). The van der Waals surface area contributed by atoms with E-state index in [9.17, 15) is 9.90 Å². The predicted molar refractivity (Wildman–Crippen MR) is 76.9 cm³/mol. The summed E-state index contributed by atoms with van der Waals surface area (Å²) < 4.78 is 0. The summed E-state index contributed by atoms with van der Waals surface area (Å²) in [5.41, 5.74) is 0.882. The largest absolute Gasteiger partial charge is 0.388 e. The number of unbranched alkanes of at least 4 members (excludes halogenated alkanes) is 2. The highest BCUT2D eigenvalue weighted by Crippen LogP contribution is 2.14. The number of amides is 2. The summed E-state index contributed by atoms with van der Waals surface area (Å²) in [5, 5.41) is 15.5. The maximum Gasteiger partial charge on any atom is 0.314 e. The third-order valence-electron chi connectivity index (χ3n) is 2.95. The second-order valence-electron chi connectivity index (χ2n) is 4.60. The van der Waals surface area contributed by atoms with Crippen LogP contribution in [0.3, 0.4) is 0 Å². The number of urea groups is 1. The summed E-state index contributed by atoms with van der Waals surface area (Å²) in [6, 6.07) is 9.32. The normalized spacial score (nSPS) is 11.9. The molecule has 1 unspecified atom stereocenters. The molecule has 0 saturated heterocycles. The molecule has 0 bridgehead atoms. The van der Waals surface area contributed by atoms with E-state index in [0.29, 0.717) is 19.5 Å². The third-order valence-corrected chi connectivity index (χ3v) is 2.95. The molecule has 0 spiro atoms. The van der Waals surface area contributed by atoms with Gasteiger partial charge < -0.3 is 15.7 Å². The fourth-order valence-electron chi connectivity index (χ4n) is 1.80. The number of hydrogen-bond donors (Lipinski definition) is 3. The van der Waals surface area contributed by atoms with Gasteiger partial charge in [-0.2, -0.15) is 0 Å². The van der Waals surface area contributed by atoms with Crippen LogP contribution in [0.15, 0.2) is 30.3 Å². The molecule has 3 N–H and O–H groups in total. The molecule has 1 aromatic carbocycles. The second-order valence-corrected chi connectivity index (χ2v) is 4.60. The fraction of sp³-hybridized carbons (Fsp3) is 0.533. The fourth-order valence-corrected chi connectivity index (χ4v) is 1.80. The van der Waals surface area contributed by atoms with E-state index in [4.69, 9.17) is 0 Å². The van der Waals surface area contributed by atoms with Crippen molar-refractivity contribution < 1.29 is 9.90 Å². The van der Waals surface area contributed by atoms with Gasteiger partial charge in [-0.1, -0.05) is 50.1 Å². The number of aliphatic hydroxyl groups is 1. The van der Waals surface area contributed by atoms with Crippen LogP contribution >= 0.6 is 0 Å². The van der Waals surface area contributed by atoms with Gasteiger partial charge in [0, 0.05) is 13.1 Å². The van der Waals surface area contributed by atoms with E-state index in [2.05, 4.69) is 17.6 Å². The number of carbonyl (C=O) groups excluding carboxylic acids is 1. The van der Waals surface area contributed by atoms with Crippen LogP contribution in [0.4, 0.5) is 4.79 Å². The molecule has 2 amide bonds. The van der Waals surface area contributed by atoms with Gasteiger partial charge in [0.2, 0.25) is 0 Å². The van der Waals surface area contributed by atoms with Crippen molar-refractivity contribution in [3.8, 4) is 0 Å². The molecule has 4 nitrogen and oxygen atoms in total. The topological polar surface area (TPSA) is 61.4 Å². The van der Waals surface area contributed by atoms with Crippen LogP contribution in [0, 0.1) is 0 Å². The zero-order valence-electron chi connectivity index (χ0n) is 11.6. The lowest BCUT2D eigenvalue weighted by molar-refractivity contribution is 0.167. The second kappa shape index (κ2) is 9.39. The number of benzene rings is 1. The predicted octanol–water partition coefficient (Wildman–Crippen LogP) is 2.60. The average molecular weight is 264 g/mol. The quantitative estimate of drug-likeness (QED) is 0.632. The van der Waals surface area contributed by atoms with E-state index in [1.165, 1.54) is 0 Å². The molecule has 106 valence electrons. The van der Waals surface area contributed by atoms with Gasteiger partial charge in [0.05, 0.1) is 6.10 Å². The molecule has 19 heavy (non-hydrogen) atoms. The Labute approximate surface area is 115 Å². The van der Waals surface area contributed by atoms with Crippen molar-refractivity contribution in [1.82, 2.24) is 10.6 Å². The Hall–Kier alpha value is -1.55. The van der Waals surface area contributed by atoms with Crippen LogP contribution in [-0.2, 0) is 0 Å². The van der Waals surface area contributed by atoms with E-state index in [-0.39, 0.29) is 6.03 Å². The van der Waals surface area contributed by atoms with Gasteiger partial charge in [0.1, 0.15) is 0 Å². The molecular formula is C15H24N2O2. The minimum atomic E-state index is -0.526. The number of hydrogen-bond acceptors (Lipinski definition) is 2. The first-order valence-corrected chi connectivity index (χ1v) is 6.98. The van der Waals surface area contributed by atoms with Crippen LogP contribution in [0.2, 0.25) is 0 Å². The molecule has 0 heterocycles. The maximum absolute atomic E-state index is 11.4. The Balaban J connectivity index is 2.11. The van der Waals surface area contributed by atoms with Crippen LogP contribution in [0.1, 0.15) is 44.3 Å². The highest BCUT2D eigenvalue weighted by molar-refractivity contribution is 5.73. The lowest BCUT2D eigenvalue weighted by Gasteiger charge is -2.12. The SMILES string of the molecule is CCCCCNC(=O)NCCC(O)c1ccccc1. The number of rotatable bonds is 8. The maximum atomic E-state index is 11.4. The minimum Gasteiger partial charge on any atom is -0.388 e. The first kappa shape index (κ1) is 15.5. The van der Waals surface area contributed by atoms with Gasteiger partial charge in [0.15, 0.2) is 0 Å². The van der Waals surface area contributed by atoms with Crippen LogP contribution in [0.5, 0.6) is 0 Å². The zero-order valence-corrected chi connectivity index (χ0v) is 11.6. The molecule has 0 aliphatic rings. The Morgan fingerprint density at radius 3 is 2.53 bits per heavy atom. The molecule has 0 saturated carbocycles. The van der Waals surface area contributed by atoms with Gasteiger partial charge in [-0.3, -0.25) is 0 Å². The zero-order chi connectivity index (χ0) is 13.9. The Morgan fingerprint density at radius 1 is 1.16 bits per heavy atom. The van der Waals surface area contributed by atoms with Crippen molar-refractivity contribution in [2.75, 3.05) is 13.1 Å². The summed E-state index contributed by atoms with van der Waals surface area (Å²) >= 11 is 0. The molecule has 0 aliphatic carbocycles. The van der Waals surface area contributed by atoms with Crippen LogP contribution in [-0.4, -0.2) is 24.2 Å². The van der Waals surface area contributed by atoms with Gasteiger partial charge in [-0.15, -0.1) is 0 Å². The summed E-state index contributed by atoms with van der Waals surface area (Å²) in [4.78, 5) is 11.4. The van der Waals surface area contributed by atoms with Gasteiger partial charge >= 0.3 is 6.03 Å². The molecule has 0 aromatic heterocycles. The lowest BCUT2D eigenvalue weighted by atomic mass is 10.1. The average Bonchev–Trinajstić information content (AvgIpc) is 2.44. The number of aliphatic hydroxyl groups excluding tert-OH is 1. The van der Waals surface area contributed by atoms with Gasteiger partial charge in [0.25, 0.3) is 0 Å². The number of nitrogens with one attached hydrogen (secondary N) is 2. The molecule has 1 atom stereocenters. The monoisotopic (exact) mass is 264 g/mol. The highest BCUT2D eigenvalue weighted by Gasteiger charge is 2.07. The van der Waals surface area contributed by atoms with Crippen molar-refractivity contribution in [3.05, 3.63) is 35.9 Å². The molecule has 0 aliphatic heterocycles. The molecule has 0 fully saturated rings. The van der Waals surface area contributed by atoms with Crippen LogP contribution in [0.25, 0.3) is 0 Å². The standard InChI is InChI=1S/C15H24N2O2/c1-2-3-7-11-16-15(19)17-12-10-14(18)13-8-5-4-6-9-13/h4-6,8-9,14,18H,2-3,7,10-12H2,1H3,(H2,16,17,19). The van der Waals surface area contributed by atoms with E-state index in [1.807, 2.05) is 30.3 Å². The Bertz CT molecular complexity index is 354. The van der Waals surface area contributed by atoms with Crippen molar-refractivity contribution >= 4 is 6.03 Å². The van der Waals surface area contributed by atoms with Crippen molar-refractivity contribution in [1.29, 1.82) is 0 Å². The summed E-state index contributed by atoms with van der Waals surface area (Å²) in [7, 11) is 0. The van der Waals surface area contributed by atoms with E-state index in [0.717, 1.165) is 24.8 Å².